The fraction of sp³-hybridized carbons (Fsp3) is 0.414. The van der Waals surface area contributed by atoms with E-state index in [1.165, 1.54) is 6.07 Å². The number of hydrogen-bond donors (Lipinski definition) is 4. The summed E-state index contributed by atoms with van der Waals surface area (Å²) in [4.78, 5) is 27.5. The summed E-state index contributed by atoms with van der Waals surface area (Å²) >= 11 is 0. The number of nitrogens with zero attached hydrogens (tertiary/aromatic N) is 2. The average molecular weight is 538 g/mol. The number of hydrogen-bond acceptors (Lipinski definition) is 8. The third-order valence-corrected chi connectivity index (χ3v) is 7.32. The van der Waals surface area contributed by atoms with Crippen LogP contribution in [0.5, 0.6) is 11.5 Å². The molecule has 1 aliphatic heterocycles. The molecule has 1 aliphatic rings. The maximum atomic E-state index is 12.9. The van der Waals surface area contributed by atoms with Gasteiger partial charge in [0.1, 0.15) is 17.0 Å². The first-order valence-electron chi connectivity index (χ1n) is 13.2. The molecule has 0 spiro atoms. The van der Waals surface area contributed by atoms with Crippen molar-refractivity contribution in [3.8, 4) is 33.9 Å². The molecule has 208 valence electrons. The zero-order valence-corrected chi connectivity index (χ0v) is 22.7. The lowest BCUT2D eigenvalue weighted by molar-refractivity contribution is -0.156. The number of aromatic hydroxyl groups is 2. The number of amides is 1. The van der Waals surface area contributed by atoms with E-state index in [9.17, 15) is 24.9 Å². The van der Waals surface area contributed by atoms with Crippen molar-refractivity contribution < 1.29 is 34.2 Å². The Morgan fingerprint density at radius 1 is 1.08 bits per heavy atom. The number of benzene rings is 2. The summed E-state index contributed by atoms with van der Waals surface area (Å²) in [5, 5.41) is 38.2. The molecule has 2 heterocycles. The Morgan fingerprint density at radius 2 is 1.74 bits per heavy atom. The number of carbonyl (C=O) groups is 2. The van der Waals surface area contributed by atoms with Crippen LogP contribution in [-0.2, 0) is 15.1 Å². The van der Waals surface area contributed by atoms with Crippen molar-refractivity contribution in [1.29, 1.82) is 0 Å². The van der Waals surface area contributed by atoms with Gasteiger partial charge in [0.2, 0.25) is 0 Å². The van der Waals surface area contributed by atoms with Crippen LogP contribution in [0.25, 0.3) is 22.5 Å². The van der Waals surface area contributed by atoms with Crippen molar-refractivity contribution >= 4 is 11.9 Å². The predicted octanol–water partition coefficient (Wildman–Crippen LogP) is 4.32. The first-order valence-corrected chi connectivity index (χ1v) is 13.2. The van der Waals surface area contributed by atoms with Gasteiger partial charge in [0.05, 0.1) is 24.3 Å². The van der Waals surface area contributed by atoms with E-state index in [-0.39, 0.29) is 34.4 Å². The van der Waals surface area contributed by atoms with Crippen molar-refractivity contribution in [3.05, 3.63) is 53.2 Å². The lowest BCUT2D eigenvalue weighted by Crippen LogP contribution is -2.55. The molecule has 4 N–H and O–H groups in total. The number of morpholine rings is 1. The molecular weight excluding hydrogens is 502 g/mol. The number of ether oxygens (including phenoxy) is 1. The van der Waals surface area contributed by atoms with E-state index in [1.54, 1.807) is 37.3 Å². The van der Waals surface area contributed by atoms with E-state index in [1.807, 2.05) is 25.7 Å². The molecule has 10 nitrogen and oxygen atoms in total. The van der Waals surface area contributed by atoms with E-state index in [4.69, 9.17) is 9.26 Å². The molecule has 39 heavy (non-hydrogen) atoms. The highest BCUT2D eigenvalue weighted by Crippen LogP contribution is 2.43. The van der Waals surface area contributed by atoms with E-state index < -0.39 is 17.4 Å². The second-order valence-corrected chi connectivity index (χ2v) is 9.87. The minimum absolute atomic E-state index is 0.0336. The molecule has 0 saturated carbocycles. The summed E-state index contributed by atoms with van der Waals surface area (Å²) in [7, 11) is 0. The van der Waals surface area contributed by atoms with Crippen LogP contribution < -0.4 is 5.32 Å². The van der Waals surface area contributed by atoms with Gasteiger partial charge in [-0.3, -0.25) is 9.69 Å². The number of nitrogens with one attached hydrogen (secondary N) is 1. The minimum atomic E-state index is -1.23. The Bertz CT molecular complexity index is 1340. The molecule has 1 atom stereocenters. The normalized spacial score (nSPS) is 15.7. The second kappa shape index (κ2) is 11.5. The molecule has 0 aliphatic carbocycles. The summed E-state index contributed by atoms with van der Waals surface area (Å²) < 4.78 is 11.1. The number of rotatable bonds is 9. The van der Waals surface area contributed by atoms with Gasteiger partial charge < -0.3 is 29.9 Å². The Labute approximate surface area is 227 Å². The number of aliphatic carboxylic acids is 1. The van der Waals surface area contributed by atoms with Crippen molar-refractivity contribution in [2.75, 3.05) is 32.8 Å². The maximum absolute atomic E-state index is 12.9. The molecule has 3 aromatic rings. The van der Waals surface area contributed by atoms with Crippen LogP contribution in [0.2, 0.25) is 0 Å². The molecule has 0 bridgehead atoms. The third kappa shape index (κ3) is 5.09. The number of phenols is 2. The third-order valence-electron chi connectivity index (χ3n) is 7.32. The van der Waals surface area contributed by atoms with Crippen molar-refractivity contribution in [1.82, 2.24) is 15.4 Å². The fourth-order valence-electron chi connectivity index (χ4n) is 5.26. The van der Waals surface area contributed by atoms with Gasteiger partial charge in [0.15, 0.2) is 11.5 Å². The van der Waals surface area contributed by atoms with Crippen molar-refractivity contribution in [2.24, 2.45) is 0 Å². The highest BCUT2D eigenvalue weighted by molar-refractivity contribution is 6.02. The van der Waals surface area contributed by atoms with Gasteiger partial charge in [-0.15, -0.1) is 0 Å². The largest absolute Gasteiger partial charge is 0.508 e. The molecule has 1 aromatic heterocycles. The number of carbonyl (C=O) groups excluding carboxylic acids is 1. The summed E-state index contributed by atoms with van der Waals surface area (Å²) in [6.45, 7) is 9.74. The summed E-state index contributed by atoms with van der Waals surface area (Å²) in [6.07, 6.45) is 0.351. The quantitative estimate of drug-likeness (QED) is 0.314. The molecule has 10 heteroatoms. The van der Waals surface area contributed by atoms with Gasteiger partial charge in [-0.2, -0.15) is 0 Å². The fourth-order valence-corrected chi connectivity index (χ4v) is 5.26. The van der Waals surface area contributed by atoms with E-state index in [0.717, 1.165) is 0 Å². The van der Waals surface area contributed by atoms with Crippen LogP contribution >= 0.6 is 0 Å². The summed E-state index contributed by atoms with van der Waals surface area (Å²) in [5.74, 6) is -1.54. The van der Waals surface area contributed by atoms with Gasteiger partial charge in [0, 0.05) is 25.7 Å². The lowest BCUT2D eigenvalue weighted by Gasteiger charge is -2.42. The van der Waals surface area contributed by atoms with Crippen LogP contribution in [0.1, 0.15) is 61.6 Å². The van der Waals surface area contributed by atoms with Crippen LogP contribution in [0.4, 0.5) is 0 Å². The zero-order chi connectivity index (χ0) is 28.3. The lowest BCUT2D eigenvalue weighted by atomic mass is 9.84. The monoisotopic (exact) mass is 537 g/mol. The molecule has 4 rings (SSSR count). The van der Waals surface area contributed by atoms with Crippen LogP contribution in [0, 0.1) is 0 Å². The van der Waals surface area contributed by atoms with E-state index in [0.29, 0.717) is 61.5 Å². The minimum Gasteiger partial charge on any atom is -0.508 e. The zero-order valence-electron chi connectivity index (χ0n) is 22.7. The highest BCUT2D eigenvalue weighted by atomic mass is 16.5. The molecular formula is C29H35N3O7. The second-order valence-electron chi connectivity index (χ2n) is 9.87. The number of phenolic OH excluding ortho intramolecular Hbond substituents is 2. The van der Waals surface area contributed by atoms with Gasteiger partial charge >= 0.3 is 5.97 Å². The summed E-state index contributed by atoms with van der Waals surface area (Å²) in [5.41, 5.74) is 1.20. The van der Waals surface area contributed by atoms with Crippen LogP contribution in [-0.4, -0.2) is 70.1 Å². The number of aromatic nitrogens is 1. The number of carboxylic acids is 1. The van der Waals surface area contributed by atoms with Gasteiger partial charge in [0.25, 0.3) is 5.91 Å². The molecule has 2 aromatic carbocycles. The maximum Gasteiger partial charge on any atom is 0.328 e. The van der Waals surface area contributed by atoms with Crippen LogP contribution in [0.3, 0.4) is 0 Å². The molecule has 1 amide bonds. The van der Waals surface area contributed by atoms with Crippen molar-refractivity contribution in [2.45, 2.75) is 45.6 Å². The van der Waals surface area contributed by atoms with E-state index in [2.05, 4.69) is 10.5 Å². The first-order chi connectivity index (χ1) is 18.6. The average Bonchev–Trinajstić information content (AvgIpc) is 3.35. The van der Waals surface area contributed by atoms with E-state index >= 15 is 0 Å². The molecule has 1 fully saturated rings. The van der Waals surface area contributed by atoms with Gasteiger partial charge in [-0.1, -0.05) is 50.2 Å². The molecule has 1 unspecified atom stereocenters. The SMILES string of the molecule is CCNC(=O)c1noc(-c2cc(C(C)C)c(O)cc2O)c1-c1ccc(C(CC)(C(=O)O)N2CCOCC2)cc1. The molecule has 1 saturated heterocycles. The van der Waals surface area contributed by atoms with Crippen LogP contribution in [0.15, 0.2) is 40.9 Å². The Kier molecular flexibility index (Phi) is 8.27. The Hall–Kier alpha value is -3.89. The van der Waals surface area contributed by atoms with Crippen molar-refractivity contribution in [3.63, 3.8) is 0 Å². The Balaban J connectivity index is 1.87. The topological polar surface area (TPSA) is 145 Å². The molecule has 0 radical (unpaired) electrons. The van der Waals surface area contributed by atoms with Gasteiger partial charge in [-0.05, 0) is 42.0 Å². The first kappa shape index (κ1) is 28.1. The standard InChI is InChI=1S/C29H35N3O7/c1-5-29(28(36)37,32-11-13-38-14-12-32)19-9-7-18(8-10-19)24-25(27(35)30-6-2)31-39-26(24)21-15-20(17(3)4)22(33)16-23(21)34/h7-10,15-17,33-34H,5-6,11-14H2,1-4H3,(H,30,35)(H,36,37). The smallest absolute Gasteiger partial charge is 0.328 e. The Morgan fingerprint density at radius 3 is 2.31 bits per heavy atom. The van der Waals surface area contributed by atoms with Gasteiger partial charge in [-0.25, -0.2) is 4.79 Å². The number of carboxylic acid groups (broad SMARTS) is 1. The highest BCUT2D eigenvalue weighted by Gasteiger charge is 2.45. The predicted molar refractivity (Wildman–Crippen MR) is 145 cm³/mol. The summed E-state index contributed by atoms with van der Waals surface area (Å²) in [6, 6.07) is 9.84.